The minimum absolute atomic E-state index is 0.612. The van der Waals surface area contributed by atoms with Gasteiger partial charge in [-0.2, -0.15) is 4.80 Å². The van der Waals surface area contributed by atoms with Gasteiger partial charge in [-0.1, -0.05) is 29.8 Å². The lowest BCUT2D eigenvalue weighted by Gasteiger charge is -2.34. The second kappa shape index (κ2) is 5.46. The van der Waals surface area contributed by atoms with Gasteiger partial charge >= 0.3 is 0 Å². The Morgan fingerprint density at radius 1 is 1.41 bits per heavy atom. The Labute approximate surface area is 111 Å². The third-order valence-electron chi connectivity index (χ3n) is 3.87. The molecular weight excluding hydrogens is 280 g/mol. The van der Waals surface area contributed by atoms with E-state index in [9.17, 15) is 0 Å². The van der Waals surface area contributed by atoms with Crippen molar-refractivity contribution in [2.24, 2.45) is 24.8 Å². The molecule has 0 bridgehead atoms. The third kappa shape index (κ3) is 3.27. The van der Waals surface area contributed by atoms with Crippen LogP contribution in [0.4, 0.5) is 0 Å². The summed E-state index contributed by atoms with van der Waals surface area (Å²) in [6.45, 7) is 4.66. The number of hydrogen-bond acceptors (Lipinski definition) is 3. The van der Waals surface area contributed by atoms with Crippen molar-refractivity contribution in [3.8, 4) is 0 Å². The predicted octanol–water partition coefficient (Wildman–Crippen LogP) is 2.59. The molecule has 0 aromatic carbocycles. The summed E-state index contributed by atoms with van der Waals surface area (Å²) in [7, 11) is 1.82. The molecule has 3 atom stereocenters. The molecule has 1 aromatic rings. The van der Waals surface area contributed by atoms with Crippen molar-refractivity contribution in [1.82, 2.24) is 20.2 Å². The first-order chi connectivity index (χ1) is 8.06. The van der Waals surface area contributed by atoms with Crippen LogP contribution in [0.25, 0.3) is 0 Å². The molecule has 4 nitrogen and oxygen atoms in total. The lowest BCUT2D eigenvalue weighted by molar-refractivity contribution is 0.221. The molecule has 96 valence electrons. The lowest BCUT2D eigenvalue weighted by atomic mass is 9.75. The molecule has 1 aliphatic carbocycles. The second-order valence-corrected chi connectivity index (χ2v) is 6.67. The van der Waals surface area contributed by atoms with Crippen LogP contribution in [0, 0.1) is 17.8 Å². The van der Waals surface area contributed by atoms with Crippen LogP contribution in [0.2, 0.25) is 0 Å². The van der Waals surface area contributed by atoms with E-state index < -0.39 is 0 Å². The lowest BCUT2D eigenvalue weighted by Crippen LogP contribution is -2.29. The van der Waals surface area contributed by atoms with E-state index in [-0.39, 0.29) is 0 Å². The van der Waals surface area contributed by atoms with Gasteiger partial charge in [0.1, 0.15) is 0 Å². The highest BCUT2D eigenvalue weighted by Crippen LogP contribution is 2.38. The molecule has 0 amide bonds. The summed E-state index contributed by atoms with van der Waals surface area (Å²) in [5.41, 5.74) is 0. The average molecular weight is 301 g/mol. The van der Waals surface area contributed by atoms with Gasteiger partial charge in [-0.15, -0.1) is 10.2 Å². The molecule has 17 heavy (non-hydrogen) atoms. The summed E-state index contributed by atoms with van der Waals surface area (Å²) in [5.74, 6) is 3.17. The monoisotopic (exact) mass is 300 g/mol. The van der Waals surface area contributed by atoms with Crippen molar-refractivity contribution in [2.75, 3.05) is 0 Å². The van der Waals surface area contributed by atoms with Crippen molar-refractivity contribution >= 4 is 15.9 Å². The average Bonchev–Trinajstić information content (AvgIpc) is 2.67. The van der Waals surface area contributed by atoms with E-state index in [1.165, 1.54) is 19.3 Å². The topological polar surface area (TPSA) is 43.6 Å². The van der Waals surface area contributed by atoms with Gasteiger partial charge in [0.2, 0.25) is 0 Å². The maximum Gasteiger partial charge on any atom is 0.175 e. The molecule has 5 heteroatoms. The zero-order valence-corrected chi connectivity index (χ0v) is 12.4. The largest absolute Gasteiger partial charge is 0.175 e. The fourth-order valence-electron chi connectivity index (χ4n) is 2.72. The summed E-state index contributed by atoms with van der Waals surface area (Å²) in [5, 5.41) is 12.3. The molecule has 1 aromatic heterocycles. The summed E-state index contributed by atoms with van der Waals surface area (Å²) in [6, 6.07) is 0. The van der Waals surface area contributed by atoms with Crippen LogP contribution in [0.15, 0.2) is 0 Å². The number of rotatable bonds is 3. The van der Waals surface area contributed by atoms with Crippen molar-refractivity contribution in [3.05, 3.63) is 5.82 Å². The molecule has 1 fully saturated rings. The Hall–Kier alpha value is -0.450. The van der Waals surface area contributed by atoms with E-state index in [1.807, 2.05) is 7.05 Å². The van der Waals surface area contributed by atoms with E-state index in [0.717, 1.165) is 24.1 Å². The Kier molecular flexibility index (Phi) is 4.17. The molecule has 1 heterocycles. The SMILES string of the molecule is CC(C)C1CCC(Br)C(Cc2nnn(C)n2)C1. The highest BCUT2D eigenvalue weighted by atomic mass is 79.9. The van der Waals surface area contributed by atoms with Crippen LogP contribution in [0.1, 0.15) is 38.9 Å². The summed E-state index contributed by atoms with van der Waals surface area (Å²) >= 11 is 3.81. The molecule has 0 saturated heterocycles. The summed E-state index contributed by atoms with van der Waals surface area (Å²) in [6.07, 6.45) is 4.85. The molecule has 0 spiro atoms. The molecule has 3 unspecified atom stereocenters. The molecular formula is C12H21BrN4. The molecule has 1 aliphatic rings. The zero-order chi connectivity index (χ0) is 12.4. The number of tetrazole rings is 1. The second-order valence-electron chi connectivity index (χ2n) is 5.49. The van der Waals surface area contributed by atoms with E-state index in [4.69, 9.17) is 0 Å². The standard InChI is InChI=1S/C12H21BrN4/c1-8(2)9-4-5-11(13)10(6-9)7-12-14-16-17(3)15-12/h8-11H,4-7H2,1-3H3. The van der Waals surface area contributed by atoms with Crippen LogP contribution in [-0.4, -0.2) is 25.0 Å². The van der Waals surface area contributed by atoms with Crippen LogP contribution >= 0.6 is 15.9 Å². The van der Waals surface area contributed by atoms with E-state index in [2.05, 4.69) is 45.2 Å². The van der Waals surface area contributed by atoms with Gasteiger partial charge in [-0.3, -0.25) is 0 Å². The van der Waals surface area contributed by atoms with Crippen LogP contribution in [0.3, 0.4) is 0 Å². The minimum atomic E-state index is 0.612. The van der Waals surface area contributed by atoms with Gasteiger partial charge < -0.3 is 0 Å². The Morgan fingerprint density at radius 3 is 2.76 bits per heavy atom. The normalized spacial score (nSPS) is 29.8. The number of aromatic nitrogens is 4. The van der Waals surface area contributed by atoms with Gasteiger partial charge in [0.25, 0.3) is 0 Å². The number of halogens is 1. The van der Waals surface area contributed by atoms with Gasteiger partial charge in [0.15, 0.2) is 5.82 Å². The molecule has 0 N–H and O–H groups in total. The number of aryl methyl sites for hydroxylation is 1. The highest BCUT2D eigenvalue weighted by molar-refractivity contribution is 9.09. The maximum atomic E-state index is 4.28. The van der Waals surface area contributed by atoms with Crippen molar-refractivity contribution in [3.63, 3.8) is 0 Å². The maximum absolute atomic E-state index is 4.28. The van der Waals surface area contributed by atoms with Crippen molar-refractivity contribution in [1.29, 1.82) is 0 Å². The first-order valence-electron chi connectivity index (χ1n) is 6.43. The highest BCUT2D eigenvalue weighted by Gasteiger charge is 2.31. The number of alkyl halides is 1. The van der Waals surface area contributed by atoms with Crippen LogP contribution < -0.4 is 0 Å². The van der Waals surface area contributed by atoms with Gasteiger partial charge in [0.05, 0.1) is 7.05 Å². The van der Waals surface area contributed by atoms with Gasteiger partial charge in [-0.25, -0.2) is 0 Å². The first-order valence-corrected chi connectivity index (χ1v) is 7.34. The van der Waals surface area contributed by atoms with Gasteiger partial charge in [0, 0.05) is 11.2 Å². The molecule has 0 aliphatic heterocycles. The van der Waals surface area contributed by atoms with Crippen molar-refractivity contribution < 1.29 is 0 Å². The van der Waals surface area contributed by atoms with E-state index in [0.29, 0.717) is 10.7 Å². The number of hydrogen-bond donors (Lipinski definition) is 0. The summed E-state index contributed by atoms with van der Waals surface area (Å²) < 4.78 is 0. The smallest absolute Gasteiger partial charge is 0.167 e. The Morgan fingerprint density at radius 2 is 2.18 bits per heavy atom. The van der Waals surface area contributed by atoms with Crippen LogP contribution in [-0.2, 0) is 13.5 Å². The number of nitrogens with zero attached hydrogens (tertiary/aromatic N) is 4. The quantitative estimate of drug-likeness (QED) is 0.806. The third-order valence-corrected chi connectivity index (χ3v) is 5.07. The van der Waals surface area contributed by atoms with Crippen LogP contribution in [0.5, 0.6) is 0 Å². The Bertz CT molecular complexity index is 363. The molecule has 0 radical (unpaired) electrons. The molecule has 2 rings (SSSR count). The van der Waals surface area contributed by atoms with E-state index >= 15 is 0 Å². The zero-order valence-electron chi connectivity index (χ0n) is 10.8. The predicted molar refractivity (Wildman–Crippen MR) is 70.9 cm³/mol. The minimum Gasteiger partial charge on any atom is -0.167 e. The van der Waals surface area contributed by atoms with E-state index in [1.54, 1.807) is 4.80 Å². The summed E-state index contributed by atoms with van der Waals surface area (Å²) in [4.78, 5) is 2.16. The van der Waals surface area contributed by atoms with Gasteiger partial charge in [-0.05, 0) is 42.2 Å². The van der Waals surface area contributed by atoms with Crippen molar-refractivity contribution in [2.45, 2.75) is 44.4 Å². The fraction of sp³-hybridized carbons (Fsp3) is 0.917. The molecule has 1 saturated carbocycles. The Balaban J connectivity index is 1.98. The fourth-order valence-corrected chi connectivity index (χ4v) is 3.39. The first kappa shape index (κ1) is 13.0.